The summed E-state index contributed by atoms with van der Waals surface area (Å²) in [4.78, 5) is 15.3. The highest BCUT2D eigenvalue weighted by Gasteiger charge is 2.46. The van der Waals surface area contributed by atoms with Crippen molar-refractivity contribution in [2.45, 2.75) is 63.7 Å². The Balaban J connectivity index is 1.67. The Bertz CT molecular complexity index is 606. The summed E-state index contributed by atoms with van der Waals surface area (Å²) in [5.41, 5.74) is 2.49. The Morgan fingerprint density at radius 3 is 2.91 bits per heavy atom. The van der Waals surface area contributed by atoms with Gasteiger partial charge in [0.2, 0.25) is 0 Å². The van der Waals surface area contributed by atoms with E-state index in [9.17, 15) is 4.79 Å². The number of fused-ring (bicyclic) bond motifs is 1. The highest BCUT2D eigenvalue weighted by molar-refractivity contribution is 5.94. The van der Waals surface area contributed by atoms with Gasteiger partial charge in [0.05, 0.1) is 36.7 Å². The van der Waals surface area contributed by atoms with Gasteiger partial charge in [0.15, 0.2) is 5.69 Å². The van der Waals surface area contributed by atoms with Crippen LogP contribution in [0.4, 0.5) is 0 Å². The smallest absolute Gasteiger partial charge is 0.275 e. The van der Waals surface area contributed by atoms with Crippen molar-refractivity contribution < 1.29 is 14.3 Å². The highest BCUT2D eigenvalue weighted by Crippen LogP contribution is 2.39. The number of carbonyl (C=O) groups is 1. The fourth-order valence-electron chi connectivity index (χ4n) is 4.48. The van der Waals surface area contributed by atoms with Crippen LogP contribution in [0.25, 0.3) is 0 Å². The van der Waals surface area contributed by atoms with Gasteiger partial charge >= 0.3 is 0 Å². The van der Waals surface area contributed by atoms with Crippen LogP contribution in [0, 0.1) is 0 Å². The van der Waals surface area contributed by atoms with Crippen molar-refractivity contribution >= 4 is 5.91 Å². The van der Waals surface area contributed by atoms with Gasteiger partial charge in [-0.15, -0.1) is 0 Å². The third-order valence-corrected chi connectivity index (χ3v) is 5.62. The van der Waals surface area contributed by atoms with E-state index in [1.807, 2.05) is 18.7 Å². The summed E-state index contributed by atoms with van der Waals surface area (Å²) in [6.45, 7) is 6.02. The van der Waals surface area contributed by atoms with Gasteiger partial charge in [-0.1, -0.05) is 12.8 Å². The van der Waals surface area contributed by atoms with E-state index in [0.29, 0.717) is 25.5 Å². The lowest BCUT2D eigenvalue weighted by molar-refractivity contribution is -0.0505. The van der Waals surface area contributed by atoms with Crippen LogP contribution in [-0.2, 0) is 15.9 Å². The van der Waals surface area contributed by atoms with E-state index in [1.165, 1.54) is 12.8 Å². The van der Waals surface area contributed by atoms with E-state index in [1.54, 1.807) is 0 Å². The molecule has 1 aromatic rings. The van der Waals surface area contributed by atoms with Crippen LogP contribution in [0.1, 0.15) is 67.4 Å². The summed E-state index contributed by atoms with van der Waals surface area (Å²) < 4.78 is 11.5. The average molecular weight is 319 g/mol. The largest absolute Gasteiger partial charge is 0.377 e. The number of carbonyl (C=O) groups excluding carboxylic acids is 1. The van der Waals surface area contributed by atoms with Gasteiger partial charge in [0, 0.05) is 18.5 Å². The van der Waals surface area contributed by atoms with Crippen LogP contribution in [0.2, 0.25) is 0 Å². The normalized spacial score (nSPS) is 29.7. The van der Waals surface area contributed by atoms with Gasteiger partial charge in [-0.25, -0.2) is 0 Å². The van der Waals surface area contributed by atoms with Gasteiger partial charge in [-0.05, 0) is 26.7 Å². The highest BCUT2D eigenvalue weighted by atomic mass is 16.5. The number of hydrogen-bond donors (Lipinski definition) is 1. The molecule has 3 aliphatic rings. The molecule has 1 aromatic heterocycles. The number of ether oxygens (including phenoxy) is 2. The van der Waals surface area contributed by atoms with E-state index < -0.39 is 0 Å². The number of morpholine rings is 1. The van der Waals surface area contributed by atoms with Crippen LogP contribution in [0.5, 0.6) is 0 Å². The third-order valence-electron chi connectivity index (χ3n) is 5.62. The minimum atomic E-state index is -0.108. The van der Waals surface area contributed by atoms with E-state index in [2.05, 4.69) is 10.2 Å². The molecule has 0 radical (unpaired) electrons. The topological polar surface area (TPSA) is 67.5 Å². The number of rotatable bonds is 1. The van der Waals surface area contributed by atoms with E-state index in [0.717, 1.165) is 30.5 Å². The summed E-state index contributed by atoms with van der Waals surface area (Å²) in [6.07, 6.45) is 5.26. The lowest BCUT2D eigenvalue weighted by Gasteiger charge is -2.44. The lowest BCUT2D eigenvalue weighted by Crippen LogP contribution is -2.57. The predicted molar refractivity (Wildman–Crippen MR) is 84.3 cm³/mol. The maximum absolute atomic E-state index is 13.3. The van der Waals surface area contributed by atoms with Gasteiger partial charge in [0.1, 0.15) is 0 Å². The van der Waals surface area contributed by atoms with Gasteiger partial charge < -0.3 is 14.4 Å². The van der Waals surface area contributed by atoms with Crippen molar-refractivity contribution in [2.75, 3.05) is 19.8 Å². The fraction of sp³-hybridized carbons (Fsp3) is 0.765. The molecular weight excluding hydrogens is 294 g/mol. The minimum Gasteiger partial charge on any atom is -0.377 e. The first-order valence-electron chi connectivity index (χ1n) is 8.73. The molecule has 1 saturated heterocycles. The zero-order valence-corrected chi connectivity index (χ0v) is 13.9. The molecule has 0 bridgehead atoms. The monoisotopic (exact) mass is 319 g/mol. The molecule has 6 nitrogen and oxygen atoms in total. The molecule has 1 N–H and O–H groups in total. The molecule has 0 aromatic carbocycles. The summed E-state index contributed by atoms with van der Waals surface area (Å²) in [5.74, 6) is 0.0639. The standard InChI is InChI=1S/C17H25N3O3/c1-11-9-13-14(12(2)23-11)18-19-15(13)16(21)20-7-8-22-10-17(20)5-3-4-6-17/h11-12H,3-10H2,1-2H3,(H,18,19)/t11-,12+/m1/s1. The number of amides is 1. The fourth-order valence-corrected chi connectivity index (χ4v) is 4.48. The number of hydrogen-bond acceptors (Lipinski definition) is 4. The van der Waals surface area contributed by atoms with Crippen molar-refractivity contribution in [3.63, 3.8) is 0 Å². The molecule has 0 unspecified atom stereocenters. The lowest BCUT2D eigenvalue weighted by atomic mass is 9.93. The van der Waals surface area contributed by atoms with Crippen LogP contribution >= 0.6 is 0 Å². The Kier molecular flexibility index (Phi) is 3.69. The maximum atomic E-state index is 13.3. The molecule has 1 aliphatic carbocycles. The number of aromatic nitrogens is 2. The first kappa shape index (κ1) is 15.1. The summed E-state index contributed by atoms with van der Waals surface area (Å²) in [5, 5.41) is 7.42. The van der Waals surface area contributed by atoms with Crippen LogP contribution in [0.15, 0.2) is 0 Å². The second kappa shape index (κ2) is 5.60. The summed E-state index contributed by atoms with van der Waals surface area (Å²) in [6, 6.07) is 0. The molecule has 1 saturated carbocycles. The maximum Gasteiger partial charge on any atom is 0.275 e. The van der Waals surface area contributed by atoms with Crippen molar-refractivity contribution in [2.24, 2.45) is 0 Å². The SMILES string of the molecule is C[C@@H]1Cc2c(C(=O)N3CCOCC34CCCC4)n[nH]c2[C@H](C)O1. The first-order valence-corrected chi connectivity index (χ1v) is 8.73. The molecular formula is C17H25N3O3. The Hall–Kier alpha value is -1.40. The summed E-state index contributed by atoms with van der Waals surface area (Å²) >= 11 is 0. The van der Waals surface area contributed by atoms with Crippen molar-refractivity contribution in [1.82, 2.24) is 15.1 Å². The molecule has 4 rings (SSSR count). The second-order valence-electron chi connectivity index (χ2n) is 7.20. The van der Waals surface area contributed by atoms with Crippen LogP contribution < -0.4 is 0 Å². The number of nitrogens with one attached hydrogen (secondary N) is 1. The van der Waals surface area contributed by atoms with Gasteiger partial charge in [-0.2, -0.15) is 5.10 Å². The molecule has 2 fully saturated rings. The number of nitrogens with zero attached hydrogens (tertiary/aromatic N) is 2. The third kappa shape index (κ3) is 2.39. The van der Waals surface area contributed by atoms with Crippen molar-refractivity contribution in [1.29, 1.82) is 0 Å². The molecule has 2 aliphatic heterocycles. The Morgan fingerprint density at radius 2 is 2.13 bits per heavy atom. The van der Waals surface area contributed by atoms with E-state index >= 15 is 0 Å². The Morgan fingerprint density at radius 1 is 1.35 bits per heavy atom. The first-order chi connectivity index (χ1) is 11.1. The minimum absolute atomic E-state index is 0.0343. The van der Waals surface area contributed by atoms with Crippen LogP contribution in [0.3, 0.4) is 0 Å². The number of H-pyrrole nitrogens is 1. The molecule has 3 heterocycles. The molecule has 6 heteroatoms. The number of aromatic amines is 1. The zero-order chi connectivity index (χ0) is 16.0. The molecule has 1 spiro atoms. The quantitative estimate of drug-likeness (QED) is 0.862. The van der Waals surface area contributed by atoms with Crippen LogP contribution in [-0.4, -0.2) is 52.4 Å². The molecule has 2 atom stereocenters. The second-order valence-corrected chi connectivity index (χ2v) is 7.20. The van der Waals surface area contributed by atoms with Gasteiger partial charge in [0.25, 0.3) is 5.91 Å². The van der Waals surface area contributed by atoms with E-state index in [4.69, 9.17) is 9.47 Å². The molecule has 126 valence electrons. The van der Waals surface area contributed by atoms with E-state index in [-0.39, 0.29) is 23.7 Å². The van der Waals surface area contributed by atoms with Gasteiger partial charge in [-0.3, -0.25) is 9.89 Å². The zero-order valence-electron chi connectivity index (χ0n) is 13.9. The molecule has 23 heavy (non-hydrogen) atoms. The molecule has 1 amide bonds. The summed E-state index contributed by atoms with van der Waals surface area (Å²) in [7, 11) is 0. The van der Waals surface area contributed by atoms with Crippen molar-refractivity contribution in [3.05, 3.63) is 17.0 Å². The average Bonchev–Trinajstić information content (AvgIpc) is 3.15. The predicted octanol–water partition coefficient (Wildman–Crippen LogP) is 2.22. The van der Waals surface area contributed by atoms with Crippen molar-refractivity contribution in [3.8, 4) is 0 Å². The Labute approximate surface area is 136 Å².